The topological polar surface area (TPSA) is 0 Å². The number of benzene rings is 3. The van der Waals surface area contributed by atoms with Crippen LogP contribution in [0.5, 0.6) is 0 Å². The maximum atomic E-state index is 3.36. The zero-order chi connectivity index (χ0) is 25.5. The monoisotopic (exact) mass is 446 g/mol. The zero-order valence-corrected chi connectivity index (χ0v) is 22.9. The van der Waals surface area contributed by atoms with E-state index in [0.29, 0.717) is 17.8 Å². The van der Waals surface area contributed by atoms with Crippen molar-refractivity contribution in [2.75, 3.05) is 0 Å². The third-order valence-corrected chi connectivity index (χ3v) is 4.37. The third kappa shape index (κ3) is 18.7. The number of allylic oxidation sites excluding steroid dienone is 1. The van der Waals surface area contributed by atoms with Crippen molar-refractivity contribution in [1.29, 1.82) is 0 Å². The molecular weight excluding hydrogens is 396 g/mol. The molecule has 0 N–H and O–H groups in total. The first kappa shape index (κ1) is 32.6. The van der Waals surface area contributed by atoms with Crippen molar-refractivity contribution in [1.82, 2.24) is 0 Å². The Morgan fingerprint density at radius 3 is 1.00 bits per heavy atom. The molecule has 0 aliphatic heterocycles. The summed E-state index contributed by atoms with van der Waals surface area (Å²) in [5.74, 6) is 1.94. The summed E-state index contributed by atoms with van der Waals surface area (Å²) in [7, 11) is 0. The average Bonchev–Trinajstić information content (AvgIpc) is 2.82. The molecular formula is C33H50. The molecule has 3 aromatic carbocycles. The fourth-order valence-electron chi connectivity index (χ4n) is 2.79. The summed E-state index contributed by atoms with van der Waals surface area (Å²) in [6.45, 7) is 22.9. The first-order valence-electron chi connectivity index (χ1n) is 12.5. The first-order valence-corrected chi connectivity index (χ1v) is 12.5. The highest BCUT2D eigenvalue weighted by molar-refractivity contribution is 5.31. The van der Waals surface area contributed by atoms with Crippen molar-refractivity contribution in [2.45, 2.75) is 86.5 Å². The maximum absolute atomic E-state index is 3.36. The van der Waals surface area contributed by atoms with Gasteiger partial charge in [0.1, 0.15) is 0 Å². The molecule has 0 radical (unpaired) electrons. The van der Waals surface area contributed by atoms with Gasteiger partial charge in [0.15, 0.2) is 0 Å². The van der Waals surface area contributed by atoms with Crippen LogP contribution in [0, 0.1) is 0 Å². The van der Waals surface area contributed by atoms with Crippen LogP contribution in [0.2, 0.25) is 0 Å². The lowest BCUT2D eigenvalue weighted by Gasteiger charge is -2.14. The molecule has 0 atom stereocenters. The van der Waals surface area contributed by atoms with Gasteiger partial charge in [0.25, 0.3) is 0 Å². The number of hydrogen-bond acceptors (Lipinski definition) is 0. The van der Waals surface area contributed by atoms with Gasteiger partial charge in [-0.1, -0.05) is 159 Å². The standard InChI is InChI=1S/C12H18.C9H12.C6H6.C3H8.C3H6/c1-9(2)11-7-5-6-8-12(11)10(3)4;1-8(2)9-6-4-3-5-7-9;1-2-4-6-5-3-1;2*1-3-2/h5-10H,1-4H3;3-8H,1-2H3;1-6H;3H2,1-2H3;3H,1H2,2H3. The van der Waals surface area contributed by atoms with E-state index in [0.717, 1.165) is 0 Å². The minimum Gasteiger partial charge on any atom is -0.103 e. The Morgan fingerprint density at radius 2 is 0.788 bits per heavy atom. The molecule has 0 unspecified atom stereocenters. The SMILES string of the molecule is C=CC.CC(C)c1ccccc1.CC(C)c1ccccc1C(C)C.CCC.c1ccccc1. The van der Waals surface area contributed by atoms with Crippen LogP contribution in [-0.4, -0.2) is 0 Å². The van der Waals surface area contributed by atoms with Crippen LogP contribution < -0.4 is 0 Å². The van der Waals surface area contributed by atoms with Crippen molar-refractivity contribution in [3.8, 4) is 0 Å². The zero-order valence-electron chi connectivity index (χ0n) is 22.9. The van der Waals surface area contributed by atoms with Crippen molar-refractivity contribution in [3.05, 3.63) is 120 Å². The summed E-state index contributed by atoms with van der Waals surface area (Å²) in [4.78, 5) is 0. The molecule has 0 saturated carbocycles. The highest BCUT2D eigenvalue weighted by Crippen LogP contribution is 2.25. The third-order valence-electron chi connectivity index (χ3n) is 4.37. The maximum Gasteiger partial charge on any atom is -0.0216 e. The highest BCUT2D eigenvalue weighted by Gasteiger charge is 2.07. The molecule has 0 amide bonds. The molecule has 3 aromatic rings. The molecule has 0 nitrogen and oxygen atoms in total. The molecule has 0 aliphatic rings. The van der Waals surface area contributed by atoms with Gasteiger partial charge < -0.3 is 0 Å². The Kier molecular flexibility index (Phi) is 22.3. The molecule has 0 spiro atoms. The van der Waals surface area contributed by atoms with E-state index in [2.05, 4.69) is 110 Å². The number of hydrogen-bond donors (Lipinski definition) is 0. The lowest BCUT2D eigenvalue weighted by atomic mass is 9.91. The minimum atomic E-state index is 0.642. The van der Waals surface area contributed by atoms with Crippen molar-refractivity contribution < 1.29 is 0 Å². The predicted molar refractivity (Wildman–Crippen MR) is 153 cm³/mol. The van der Waals surface area contributed by atoms with E-state index in [4.69, 9.17) is 0 Å². The summed E-state index contributed by atoms with van der Waals surface area (Å²) in [6, 6.07) is 31.2. The fourth-order valence-corrected chi connectivity index (χ4v) is 2.79. The second-order valence-electron chi connectivity index (χ2n) is 8.77. The van der Waals surface area contributed by atoms with Gasteiger partial charge in [-0.2, -0.15) is 0 Å². The lowest BCUT2D eigenvalue weighted by molar-refractivity contribution is 0.790. The van der Waals surface area contributed by atoms with Gasteiger partial charge in [-0.3, -0.25) is 0 Å². The van der Waals surface area contributed by atoms with Gasteiger partial charge in [-0.15, -0.1) is 6.58 Å². The lowest BCUT2D eigenvalue weighted by Crippen LogP contribution is -1.97. The van der Waals surface area contributed by atoms with Crippen LogP contribution >= 0.6 is 0 Å². The molecule has 0 heteroatoms. The molecule has 33 heavy (non-hydrogen) atoms. The van der Waals surface area contributed by atoms with Gasteiger partial charge in [-0.05, 0) is 41.4 Å². The molecule has 0 fully saturated rings. The van der Waals surface area contributed by atoms with Crippen LogP contribution in [0.1, 0.15) is 103 Å². The Labute approximate surface area is 206 Å². The second kappa shape index (κ2) is 22.6. The smallest absolute Gasteiger partial charge is 0.0216 e. The van der Waals surface area contributed by atoms with E-state index in [1.807, 2.05) is 49.4 Å². The fraction of sp³-hybridized carbons (Fsp3) is 0.394. The summed E-state index contributed by atoms with van der Waals surface area (Å²) in [6.07, 6.45) is 3.00. The Balaban J connectivity index is 0. The van der Waals surface area contributed by atoms with Crippen molar-refractivity contribution >= 4 is 0 Å². The van der Waals surface area contributed by atoms with Crippen molar-refractivity contribution in [2.24, 2.45) is 0 Å². The number of rotatable bonds is 3. The van der Waals surface area contributed by atoms with Crippen LogP contribution in [0.4, 0.5) is 0 Å². The Bertz CT molecular complexity index is 714. The van der Waals surface area contributed by atoms with Crippen LogP contribution in [-0.2, 0) is 0 Å². The predicted octanol–water partition coefficient (Wildman–Crippen LogP) is 11.0. The van der Waals surface area contributed by atoms with E-state index in [1.165, 1.54) is 23.1 Å². The van der Waals surface area contributed by atoms with E-state index in [1.54, 1.807) is 6.08 Å². The minimum absolute atomic E-state index is 0.642. The highest BCUT2D eigenvalue weighted by atomic mass is 14.1. The van der Waals surface area contributed by atoms with E-state index >= 15 is 0 Å². The Hall–Kier alpha value is -2.60. The molecule has 3 rings (SSSR count). The second-order valence-corrected chi connectivity index (χ2v) is 8.77. The van der Waals surface area contributed by atoms with Gasteiger partial charge in [0, 0.05) is 0 Å². The summed E-state index contributed by atoms with van der Waals surface area (Å²) in [5.41, 5.74) is 4.40. The molecule has 0 heterocycles. The summed E-state index contributed by atoms with van der Waals surface area (Å²) < 4.78 is 0. The first-order chi connectivity index (χ1) is 15.8. The van der Waals surface area contributed by atoms with Gasteiger partial charge in [0.2, 0.25) is 0 Å². The van der Waals surface area contributed by atoms with E-state index in [-0.39, 0.29) is 0 Å². The molecule has 0 aliphatic carbocycles. The summed E-state index contributed by atoms with van der Waals surface area (Å²) in [5, 5.41) is 0. The average molecular weight is 447 g/mol. The normalized spacial score (nSPS) is 9.21. The van der Waals surface area contributed by atoms with Crippen LogP contribution in [0.25, 0.3) is 0 Å². The largest absolute Gasteiger partial charge is 0.103 e. The van der Waals surface area contributed by atoms with Crippen molar-refractivity contribution in [3.63, 3.8) is 0 Å². The molecule has 0 bridgehead atoms. The molecule has 0 aromatic heterocycles. The van der Waals surface area contributed by atoms with Crippen LogP contribution in [0.15, 0.2) is 104 Å². The van der Waals surface area contributed by atoms with Gasteiger partial charge in [0.05, 0.1) is 0 Å². The van der Waals surface area contributed by atoms with Gasteiger partial charge >= 0.3 is 0 Å². The van der Waals surface area contributed by atoms with E-state index < -0.39 is 0 Å². The summed E-state index contributed by atoms with van der Waals surface area (Å²) >= 11 is 0. The molecule has 182 valence electrons. The molecule has 0 saturated heterocycles. The Morgan fingerprint density at radius 1 is 0.545 bits per heavy atom. The van der Waals surface area contributed by atoms with Gasteiger partial charge in [-0.25, -0.2) is 0 Å². The van der Waals surface area contributed by atoms with Crippen LogP contribution in [0.3, 0.4) is 0 Å². The van der Waals surface area contributed by atoms with E-state index in [9.17, 15) is 0 Å². The quantitative estimate of drug-likeness (QED) is 0.351.